The highest BCUT2D eigenvalue weighted by Gasteiger charge is 2.24. The SMILES string of the molecule is O=C(NC(CCc1ccccc1)CCc1ccccc1)C1CCNC1. The van der Waals surface area contributed by atoms with Gasteiger partial charge in [0.1, 0.15) is 0 Å². The van der Waals surface area contributed by atoms with E-state index in [2.05, 4.69) is 59.2 Å². The number of benzene rings is 2. The second-order valence-electron chi connectivity index (χ2n) is 6.94. The quantitative estimate of drug-likeness (QED) is 0.776. The molecule has 3 heteroatoms. The number of amides is 1. The Bertz CT molecular complexity index is 592. The second-order valence-corrected chi connectivity index (χ2v) is 6.94. The molecule has 1 unspecified atom stereocenters. The molecular weight excluding hydrogens is 308 g/mol. The molecule has 25 heavy (non-hydrogen) atoms. The summed E-state index contributed by atoms with van der Waals surface area (Å²) in [6.45, 7) is 1.77. The maximum absolute atomic E-state index is 12.5. The van der Waals surface area contributed by atoms with Gasteiger partial charge in [0.15, 0.2) is 0 Å². The van der Waals surface area contributed by atoms with Crippen LogP contribution in [0.4, 0.5) is 0 Å². The zero-order valence-corrected chi connectivity index (χ0v) is 14.8. The van der Waals surface area contributed by atoms with Crippen molar-refractivity contribution in [1.29, 1.82) is 0 Å². The molecule has 1 saturated heterocycles. The Hall–Kier alpha value is -2.13. The molecule has 0 aliphatic carbocycles. The average Bonchev–Trinajstić information content (AvgIpc) is 3.20. The molecule has 2 aromatic rings. The van der Waals surface area contributed by atoms with Crippen LogP contribution in [0.3, 0.4) is 0 Å². The molecule has 2 N–H and O–H groups in total. The lowest BCUT2D eigenvalue weighted by atomic mass is 9.98. The summed E-state index contributed by atoms with van der Waals surface area (Å²) in [5.41, 5.74) is 2.67. The maximum atomic E-state index is 12.5. The highest BCUT2D eigenvalue weighted by Crippen LogP contribution is 2.14. The summed E-state index contributed by atoms with van der Waals surface area (Å²) in [5, 5.41) is 6.60. The zero-order chi connectivity index (χ0) is 17.3. The molecule has 1 aliphatic heterocycles. The third-order valence-corrected chi connectivity index (χ3v) is 5.03. The van der Waals surface area contributed by atoms with Gasteiger partial charge in [-0.25, -0.2) is 0 Å². The van der Waals surface area contributed by atoms with Crippen LogP contribution in [0.1, 0.15) is 30.4 Å². The Morgan fingerprint density at radius 3 is 2.00 bits per heavy atom. The summed E-state index contributed by atoms with van der Waals surface area (Å²) in [6, 6.07) is 21.3. The lowest BCUT2D eigenvalue weighted by molar-refractivity contribution is -0.125. The Labute approximate surface area is 150 Å². The van der Waals surface area contributed by atoms with Crippen LogP contribution in [-0.4, -0.2) is 25.0 Å². The molecule has 3 rings (SSSR count). The summed E-state index contributed by atoms with van der Waals surface area (Å²) < 4.78 is 0. The van der Waals surface area contributed by atoms with Gasteiger partial charge in [-0.15, -0.1) is 0 Å². The molecule has 1 aliphatic rings. The monoisotopic (exact) mass is 336 g/mol. The smallest absolute Gasteiger partial charge is 0.224 e. The molecule has 1 amide bonds. The summed E-state index contributed by atoms with van der Waals surface area (Å²) in [6.07, 6.45) is 4.94. The standard InChI is InChI=1S/C22H28N2O/c25-22(20-15-16-23-17-20)24-21(13-11-18-7-3-1-4-8-18)14-12-19-9-5-2-6-10-19/h1-10,20-21,23H,11-17H2,(H,24,25). The Balaban J connectivity index is 1.56. The topological polar surface area (TPSA) is 41.1 Å². The van der Waals surface area contributed by atoms with E-state index in [0.717, 1.165) is 45.2 Å². The minimum absolute atomic E-state index is 0.135. The lowest BCUT2D eigenvalue weighted by Crippen LogP contribution is -2.40. The van der Waals surface area contributed by atoms with E-state index in [0.29, 0.717) is 0 Å². The van der Waals surface area contributed by atoms with Crippen molar-refractivity contribution in [2.24, 2.45) is 5.92 Å². The van der Waals surface area contributed by atoms with E-state index >= 15 is 0 Å². The summed E-state index contributed by atoms with van der Waals surface area (Å²) in [7, 11) is 0. The van der Waals surface area contributed by atoms with Gasteiger partial charge in [-0.1, -0.05) is 60.7 Å². The second kappa shape index (κ2) is 9.38. The van der Waals surface area contributed by atoms with Gasteiger partial charge in [0.25, 0.3) is 0 Å². The van der Waals surface area contributed by atoms with Gasteiger partial charge in [-0.2, -0.15) is 0 Å². The van der Waals surface area contributed by atoms with Crippen molar-refractivity contribution in [3.63, 3.8) is 0 Å². The van der Waals surface area contributed by atoms with Gasteiger partial charge < -0.3 is 10.6 Å². The molecule has 0 radical (unpaired) electrons. The fourth-order valence-electron chi connectivity index (χ4n) is 3.46. The van der Waals surface area contributed by atoms with Crippen LogP contribution in [0.25, 0.3) is 0 Å². The number of carbonyl (C=O) groups is 1. The van der Waals surface area contributed by atoms with E-state index in [1.54, 1.807) is 0 Å². The Morgan fingerprint density at radius 1 is 0.960 bits per heavy atom. The first-order valence-electron chi connectivity index (χ1n) is 9.40. The first kappa shape index (κ1) is 17.7. The molecule has 0 saturated carbocycles. The predicted molar refractivity (Wildman–Crippen MR) is 102 cm³/mol. The van der Waals surface area contributed by atoms with Crippen molar-refractivity contribution in [2.45, 2.75) is 38.1 Å². The fourth-order valence-corrected chi connectivity index (χ4v) is 3.46. The van der Waals surface area contributed by atoms with Crippen molar-refractivity contribution >= 4 is 5.91 Å². The van der Waals surface area contributed by atoms with Gasteiger partial charge in [0.05, 0.1) is 5.92 Å². The van der Waals surface area contributed by atoms with Gasteiger partial charge in [-0.3, -0.25) is 4.79 Å². The third kappa shape index (κ3) is 5.71. The van der Waals surface area contributed by atoms with Crippen LogP contribution in [0.2, 0.25) is 0 Å². The van der Waals surface area contributed by atoms with E-state index in [1.807, 2.05) is 12.1 Å². The molecule has 0 spiro atoms. The van der Waals surface area contributed by atoms with Crippen molar-refractivity contribution < 1.29 is 4.79 Å². The molecule has 2 aromatic carbocycles. The van der Waals surface area contributed by atoms with Crippen LogP contribution in [0.5, 0.6) is 0 Å². The summed E-state index contributed by atoms with van der Waals surface area (Å²) in [5.74, 6) is 0.354. The predicted octanol–water partition coefficient (Wildman–Crippen LogP) is 3.35. The molecule has 0 bridgehead atoms. The minimum atomic E-state index is 0.135. The minimum Gasteiger partial charge on any atom is -0.353 e. The van der Waals surface area contributed by atoms with Crippen molar-refractivity contribution in [2.75, 3.05) is 13.1 Å². The number of hydrogen-bond donors (Lipinski definition) is 2. The molecule has 132 valence electrons. The van der Waals surface area contributed by atoms with Gasteiger partial charge in [0, 0.05) is 12.6 Å². The molecule has 1 atom stereocenters. The molecule has 0 aromatic heterocycles. The van der Waals surface area contributed by atoms with E-state index < -0.39 is 0 Å². The van der Waals surface area contributed by atoms with Crippen LogP contribution >= 0.6 is 0 Å². The molecule has 1 heterocycles. The zero-order valence-electron chi connectivity index (χ0n) is 14.8. The van der Waals surface area contributed by atoms with Crippen molar-refractivity contribution in [1.82, 2.24) is 10.6 Å². The van der Waals surface area contributed by atoms with Gasteiger partial charge >= 0.3 is 0 Å². The number of nitrogens with one attached hydrogen (secondary N) is 2. The number of rotatable bonds is 8. The largest absolute Gasteiger partial charge is 0.353 e. The van der Waals surface area contributed by atoms with Gasteiger partial charge in [0.2, 0.25) is 5.91 Å². The van der Waals surface area contributed by atoms with Crippen LogP contribution in [0.15, 0.2) is 60.7 Å². The molecule has 3 nitrogen and oxygen atoms in total. The van der Waals surface area contributed by atoms with Gasteiger partial charge in [-0.05, 0) is 49.8 Å². The molecule has 1 fully saturated rings. The van der Waals surface area contributed by atoms with E-state index in [4.69, 9.17) is 0 Å². The van der Waals surface area contributed by atoms with Crippen molar-refractivity contribution in [3.05, 3.63) is 71.8 Å². The van der Waals surface area contributed by atoms with Crippen LogP contribution in [0, 0.1) is 5.92 Å². The Kier molecular flexibility index (Phi) is 6.63. The number of aryl methyl sites for hydroxylation is 2. The lowest BCUT2D eigenvalue weighted by Gasteiger charge is -2.21. The van der Waals surface area contributed by atoms with E-state index in [9.17, 15) is 4.79 Å². The summed E-state index contributed by atoms with van der Waals surface area (Å²) >= 11 is 0. The maximum Gasteiger partial charge on any atom is 0.224 e. The molecular formula is C22H28N2O. The van der Waals surface area contributed by atoms with Crippen LogP contribution in [-0.2, 0) is 17.6 Å². The summed E-state index contributed by atoms with van der Waals surface area (Å²) in [4.78, 5) is 12.5. The van der Waals surface area contributed by atoms with Crippen molar-refractivity contribution in [3.8, 4) is 0 Å². The highest BCUT2D eigenvalue weighted by molar-refractivity contribution is 5.79. The Morgan fingerprint density at radius 2 is 1.52 bits per heavy atom. The number of carbonyl (C=O) groups excluding carboxylic acids is 1. The highest BCUT2D eigenvalue weighted by atomic mass is 16.2. The fraction of sp³-hybridized carbons (Fsp3) is 0.409. The average molecular weight is 336 g/mol. The first-order chi connectivity index (χ1) is 12.3. The number of hydrogen-bond acceptors (Lipinski definition) is 2. The third-order valence-electron chi connectivity index (χ3n) is 5.03. The van der Waals surface area contributed by atoms with E-state index in [1.165, 1.54) is 11.1 Å². The first-order valence-corrected chi connectivity index (χ1v) is 9.40. The van der Waals surface area contributed by atoms with Crippen LogP contribution < -0.4 is 10.6 Å². The normalized spacial score (nSPS) is 16.9. The van der Waals surface area contributed by atoms with E-state index in [-0.39, 0.29) is 17.9 Å².